The van der Waals surface area contributed by atoms with Gasteiger partial charge in [-0.3, -0.25) is 0 Å². The minimum Gasteiger partial charge on any atom is -0.207 e. The Morgan fingerprint density at radius 2 is 0.875 bits per heavy atom. The highest BCUT2D eigenvalue weighted by atomic mass is 28.3. The van der Waals surface area contributed by atoms with Crippen molar-refractivity contribution in [1.82, 2.24) is 0 Å². The van der Waals surface area contributed by atoms with Crippen molar-refractivity contribution in [2.75, 3.05) is 0 Å². The highest BCUT2D eigenvalue weighted by molar-refractivity contribution is 7.16. The molecule has 0 aliphatic carbocycles. The molecule has 0 aliphatic heterocycles. The molecule has 0 nitrogen and oxygen atoms in total. The molecule has 118 valence electrons. The van der Waals surface area contributed by atoms with Crippen molar-refractivity contribution in [2.45, 2.75) is 0 Å². The fourth-order valence-electron chi connectivity index (χ4n) is 2.96. The van der Waals surface area contributed by atoms with E-state index in [2.05, 4.69) is 5.54 Å². The first-order valence-electron chi connectivity index (χ1n) is 7.34. The van der Waals surface area contributed by atoms with E-state index < -0.39 is 25.5 Å². The zero-order valence-electron chi connectivity index (χ0n) is 12.6. The Morgan fingerprint density at radius 1 is 0.583 bits per heavy atom. The van der Waals surface area contributed by atoms with Crippen molar-refractivity contribution < 1.29 is 13.2 Å². The lowest BCUT2D eigenvalue weighted by Crippen LogP contribution is -2.69. The second-order valence-electron chi connectivity index (χ2n) is 5.33. The summed E-state index contributed by atoms with van der Waals surface area (Å²) in [6.07, 6.45) is 5.82. The average Bonchev–Trinajstić information content (AvgIpc) is 2.60. The standard InChI is InChI=1S/C20H13F3Si/c1-2-24(18-12-6-3-9-15(18)21,19-13-7-4-10-16(19)22)20-14-8-5-11-17(20)23/h1,3-14H. The van der Waals surface area contributed by atoms with Crippen molar-refractivity contribution in [1.29, 1.82) is 0 Å². The summed E-state index contributed by atoms with van der Waals surface area (Å²) in [4.78, 5) is 0. The highest BCUT2D eigenvalue weighted by Crippen LogP contribution is 2.13. The monoisotopic (exact) mass is 338 g/mol. The van der Waals surface area contributed by atoms with Crippen LogP contribution in [0.25, 0.3) is 0 Å². The normalized spacial score (nSPS) is 11.1. The van der Waals surface area contributed by atoms with Gasteiger partial charge in [0.2, 0.25) is 8.07 Å². The third-order valence-electron chi connectivity index (χ3n) is 4.05. The van der Waals surface area contributed by atoms with Crippen molar-refractivity contribution in [2.24, 2.45) is 0 Å². The number of halogens is 3. The van der Waals surface area contributed by atoms with Gasteiger partial charge in [-0.2, -0.15) is 0 Å². The summed E-state index contributed by atoms with van der Waals surface area (Å²) in [5.41, 5.74) is 2.61. The van der Waals surface area contributed by atoms with Crippen LogP contribution >= 0.6 is 0 Å². The van der Waals surface area contributed by atoms with Crippen LogP contribution in [0.5, 0.6) is 0 Å². The second-order valence-corrected chi connectivity index (χ2v) is 8.74. The second kappa shape index (κ2) is 6.38. The third-order valence-corrected chi connectivity index (χ3v) is 8.12. The van der Waals surface area contributed by atoms with Crippen LogP contribution in [-0.2, 0) is 0 Å². The Balaban J connectivity index is 2.47. The van der Waals surface area contributed by atoms with Gasteiger partial charge in [-0.15, -0.1) is 12.0 Å². The predicted molar refractivity (Wildman–Crippen MR) is 92.7 cm³/mol. The molecule has 24 heavy (non-hydrogen) atoms. The van der Waals surface area contributed by atoms with Crippen molar-refractivity contribution in [3.05, 3.63) is 90.2 Å². The van der Waals surface area contributed by atoms with Gasteiger partial charge in [0.05, 0.1) is 0 Å². The van der Waals surface area contributed by atoms with E-state index in [1.54, 1.807) is 18.2 Å². The molecule has 0 saturated heterocycles. The quantitative estimate of drug-likeness (QED) is 0.391. The Kier molecular flexibility index (Phi) is 4.28. The smallest absolute Gasteiger partial charge is 0.207 e. The Bertz CT molecular complexity index is 817. The van der Waals surface area contributed by atoms with E-state index in [1.165, 1.54) is 54.6 Å². The number of benzene rings is 3. The molecule has 3 aromatic carbocycles. The summed E-state index contributed by atoms with van der Waals surface area (Å²) in [5.74, 6) is -1.68. The molecule has 0 N–H and O–H groups in total. The molecular weight excluding hydrogens is 325 g/mol. The summed E-state index contributed by atoms with van der Waals surface area (Å²) >= 11 is 0. The molecular formula is C20H13F3Si. The van der Waals surface area contributed by atoms with Crippen LogP contribution in [0, 0.1) is 29.4 Å². The Hall–Kier alpha value is -2.77. The van der Waals surface area contributed by atoms with Crippen LogP contribution in [0.4, 0.5) is 13.2 Å². The number of hydrogen-bond acceptors (Lipinski definition) is 0. The molecule has 0 amide bonds. The maximum absolute atomic E-state index is 14.6. The molecule has 0 heterocycles. The van der Waals surface area contributed by atoms with Gasteiger partial charge in [0.15, 0.2) is 0 Å². The van der Waals surface area contributed by atoms with E-state index in [9.17, 15) is 13.2 Å². The lowest BCUT2D eigenvalue weighted by atomic mass is 10.3. The minimum atomic E-state index is -3.63. The lowest BCUT2D eigenvalue weighted by Gasteiger charge is -2.28. The molecule has 0 saturated carbocycles. The first kappa shape index (κ1) is 16.1. The third kappa shape index (κ3) is 2.43. The first-order valence-corrected chi connectivity index (χ1v) is 9.34. The van der Waals surface area contributed by atoms with Gasteiger partial charge < -0.3 is 0 Å². The Labute approximate surface area is 139 Å². The fraction of sp³-hybridized carbons (Fsp3) is 0. The van der Waals surface area contributed by atoms with Crippen LogP contribution in [0.15, 0.2) is 72.8 Å². The van der Waals surface area contributed by atoms with Crippen molar-refractivity contribution in [3.8, 4) is 12.0 Å². The number of hydrogen-bond donors (Lipinski definition) is 0. The van der Waals surface area contributed by atoms with Crippen LogP contribution in [0.2, 0.25) is 0 Å². The van der Waals surface area contributed by atoms with E-state index >= 15 is 0 Å². The van der Waals surface area contributed by atoms with Crippen molar-refractivity contribution in [3.63, 3.8) is 0 Å². The molecule has 3 rings (SSSR count). The molecule has 4 heteroatoms. The van der Waals surface area contributed by atoms with E-state index in [0.29, 0.717) is 0 Å². The van der Waals surface area contributed by atoms with Crippen LogP contribution in [0.1, 0.15) is 0 Å². The van der Waals surface area contributed by atoms with E-state index in [1.807, 2.05) is 0 Å². The van der Waals surface area contributed by atoms with Gasteiger partial charge in [-0.25, -0.2) is 13.2 Å². The SMILES string of the molecule is C#C[Si](c1ccccc1F)(c1ccccc1F)c1ccccc1F. The summed E-state index contributed by atoms with van der Waals surface area (Å²) in [6, 6.07) is 17.8. The van der Waals surface area contributed by atoms with E-state index in [-0.39, 0.29) is 15.6 Å². The van der Waals surface area contributed by atoms with Crippen molar-refractivity contribution >= 4 is 23.6 Å². The Morgan fingerprint density at radius 3 is 1.12 bits per heavy atom. The molecule has 0 radical (unpaired) electrons. The largest absolute Gasteiger partial charge is 0.238 e. The molecule has 0 unspecified atom stereocenters. The fourth-order valence-corrected chi connectivity index (χ4v) is 6.66. The predicted octanol–water partition coefficient (Wildman–Crippen LogP) is 2.75. The van der Waals surface area contributed by atoms with Gasteiger partial charge in [-0.05, 0) is 33.8 Å². The molecule has 0 aromatic heterocycles. The summed E-state index contributed by atoms with van der Waals surface area (Å²) in [6.45, 7) is 0. The average molecular weight is 338 g/mol. The summed E-state index contributed by atoms with van der Waals surface area (Å²) in [7, 11) is -3.63. The minimum absolute atomic E-state index is 0.169. The van der Waals surface area contributed by atoms with Crippen LogP contribution < -0.4 is 15.6 Å². The van der Waals surface area contributed by atoms with Gasteiger partial charge in [0.25, 0.3) is 0 Å². The van der Waals surface area contributed by atoms with Crippen LogP contribution in [0.3, 0.4) is 0 Å². The first-order chi connectivity index (χ1) is 11.6. The van der Waals surface area contributed by atoms with Crippen LogP contribution in [-0.4, -0.2) is 8.07 Å². The van der Waals surface area contributed by atoms with E-state index in [4.69, 9.17) is 6.42 Å². The number of rotatable bonds is 3. The maximum Gasteiger partial charge on any atom is 0.238 e. The zero-order chi connectivity index (χ0) is 17.2. The number of terminal acetylenes is 1. The maximum atomic E-state index is 14.6. The topological polar surface area (TPSA) is 0 Å². The molecule has 0 aliphatic rings. The molecule has 3 aromatic rings. The zero-order valence-corrected chi connectivity index (χ0v) is 13.6. The summed E-state index contributed by atoms with van der Waals surface area (Å²) in [5, 5.41) is 0.508. The summed E-state index contributed by atoms with van der Waals surface area (Å²) < 4.78 is 43.8. The molecule has 0 spiro atoms. The van der Waals surface area contributed by atoms with Gasteiger partial charge >= 0.3 is 0 Å². The molecule has 0 bridgehead atoms. The van der Waals surface area contributed by atoms with Gasteiger partial charge in [0.1, 0.15) is 17.5 Å². The van der Waals surface area contributed by atoms with Gasteiger partial charge in [0, 0.05) is 0 Å². The lowest BCUT2D eigenvalue weighted by molar-refractivity contribution is 0.630. The highest BCUT2D eigenvalue weighted by Gasteiger charge is 2.43. The molecule has 0 atom stereocenters. The molecule has 0 fully saturated rings. The van der Waals surface area contributed by atoms with Gasteiger partial charge in [-0.1, -0.05) is 54.6 Å². The van der Waals surface area contributed by atoms with E-state index in [0.717, 1.165) is 0 Å².